The van der Waals surface area contributed by atoms with Gasteiger partial charge in [0.1, 0.15) is 11.3 Å². The Bertz CT molecular complexity index is 641. The molecule has 1 aromatic carbocycles. The maximum Gasteiger partial charge on any atom is 0.367 e. The van der Waals surface area contributed by atoms with Crippen LogP contribution in [0.4, 0.5) is 0 Å². The zero-order chi connectivity index (χ0) is 14.7. The zero-order valence-electron chi connectivity index (χ0n) is 10.4. The van der Waals surface area contributed by atoms with Crippen LogP contribution in [0.15, 0.2) is 36.4 Å². The lowest BCUT2D eigenvalue weighted by atomic mass is 10.2. The molecule has 0 aliphatic heterocycles. The molecule has 0 radical (unpaired) electrons. The largest absolute Gasteiger partial charge is 0.492 e. The van der Waals surface area contributed by atoms with Gasteiger partial charge in [0.05, 0.1) is 0 Å². The molecule has 1 heterocycles. The molecule has 2 aromatic rings. The second-order valence-corrected chi connectivity index (χ2v) is 3.81. The van der Waals surface area contributed by atoms with Crippen molar-refractivity contribution >= 4 is 11.9 Å². The lowest BCUT2D eigenvalue weighted by Gasteiger charge is -2.09. The summed E-state index contributed by atoms with van der Waals surface area (Å²) in [6.45, 7) is 1.20. The lowest BCUT2D eigenvalue weighted by molar-refractivity contribution is -0.131. The Morgan fingerprint density at radius 1 is 1.05 bits per heavy atom. The molecule has 7 heteroatoms. The Morgan fingerprint density at radius 2 is 1.65 bits per heavy atom. The fourth-order valence-corrected chi connectivity index (χ4v) is 1.51. The van der Waals surface area contributed by atoms with Gasteiger partial charge in [0.25, 0.3) is 0 Å². The number of aromatic hydroxyl groups is 2. The molecule has 0 unspecified atom stereocenters. The number of ether oxygens (including phenoxy) is 1. The van der Waals surface area contributed by atoms with E-state index in [-0.39, 0.29) is 11.3 Å². The number of hydrogen-bond donors (Lipinski definition) is 2. The predicted molar refractivity (Wildman–Crippen MR) is 66.4 cm³/mol. The number of nitrogens with zero attached hydrogens (tertiary/aromatic N) is 1. The van der Waals surface area contributed by atoms with Crippen molar-refractivity contribution in [1.82, 2.24) is 4.73 Å². The van der Waals surface area contributed by atoms with E-state index in [0.29, 0.717) is 4.73 Å². The maximum atomic E-state index is 12.0. The summed E-state index contributed by atoms with van der Waals surface area (Å²) in [5, 5.41) is 18.8. The summed E-state index contributed by atoms with van der Waals surface area (Å²) < 4.78 is 5.42. The maximum absolute atomic E-state index is 12.0. The molecule has 104 valence electrons. The lowest BCUT2D eigenvalue weighted by Crippen LogP contribution is -2.20. The van der Waals surface area contributed by atoms with Crippen LogP contribution in [0.1, 0.15) is 17.3 Å². The van der Waals surface area contributed by atoms with E-state index in [9.17, 15) is 19.8 Å². The first-order chi connectivity index (χ1) is 9.49. The van der Waals surface area contributed by atoms with Gasteiger partial charge in [-0.05, 0) is 12.1 Å². The summed E-state index contributed by atoms with van der Waals surface area (Å²) >= 11 is 0. The van der Waals surface area contributed by atoms with Crippen molar-refractivity contribution in [2.75, 3.05) is 0 Å². The van der Waals surface area contributed by atoms with E-state index >= 15 is 0 Å². The van der Waals surface area contributed by atoms with Crippen LogP contribution in [0.25, 0.3) is 0 Å². The minimum absolute atomic E-state index is 0.0183. The molecule has 7 nitrogen and oxygen atoms in total. The number of rotatable bonds is 3. The van der Waals surface area contributed by atoms with Gasteiger partial charge < -0.3 is 19.8 Å². The molecule has 0 saturated carbocycles. The standard InChI is InChI=1S/C13H11NO6/c1-8(15)19-10-5-3-2-4-9(10)13(18)20-14-11(16)6-7-12(14)17/h2-7,16-17H,1H3. The summed E-state index contributed by atoms with van der Waals surface area (Å²) in [6.07, 6.45) is 0. The third kappa shape index (κ3) is 2.72. The van der Waals surface area contributed by atoms with Crippen LogP contribution < -0.4 is 9.57 Å². The Labute approximate surface area is 113 Å². The van der Waals surface area contributed by atoms with Gasteiger partial charge >= 0.3 is 11.9 Å². The normalized spacial score (nSPS) is 10.1. The number of hydrogen-bond acceptors (Lipinski definition) is 6. The molecule has 2 N–H and O–H groups in total. The van der Waals surface area contributed by atoms with E-state index in [2.05, 4.69) is 0 Å². The molecule has 0 spiro atoms. The van der Waals surface area contributed by atoms with E-state index in [0.717, 1.165) is 12.1 Å². The molecule has 0 atom stereocenters. The molecule has 0 aliphatic rings. The highest BCUT2D eigenvalue weighted by Crippen LogP contribution is 2.22. The van der Waals surface area contributed by atoms with E-state index in [4.69, 9.17) is 9.57 Å². The van der Waals surface area contributed by atoms with Crippen LogP contribution in [-0.4, -0.2) is 26.9 Å². The quantitative estimate of drug-likeness (QED) is 0.644. The summed E-state index contributed by atoms with van der Waals surface area (Å²) in [5.41, 5.74) is -0.0183. The van der Waals surface area contributed by atoms with Gasteiger partial charge in [-0.3, -0.25) is 4.79 Å². The highest BCUT2D eigenvalue weighted by molar-refractivity contribution is 5.93. The first-order valence-electron chi connectivity index (χ1n) is 5.59. The number of esters is 1. The van der Waals surface area contributed by atoms with E-state index < -0.39 is 23.7 Å². The molecule has 2 rings (SSSR count). The molecule has 0 aliphatic carbocycles. The Morgan fingerprint density at radius 3 is 2.25 bits per heavy atom. The minimum atomic E-state index is -0.899. The average Bonchev–Trinajstić information content (AvgIpc) is 2.70. The first-order valence-corrected chi connectivity index (χ1v) is 5.59. The van der Waals surface area contributed by atoms with E-state index in [1.807, 2.05) is 0 Å². The summed E-state index contributed by atoms with van der Waals surface area (Å²) in [5.74, 6) is -2.35. The smallest absolute Gasteiger partial charge is 0.367 e. The van der Waals surface area contributed by atoms with Gasteiger partial charge in [0.15, 0.2) is 0 Å². The van der Waals surface area contributed by atoms with Crippen LogP contribution in [0.3, 0.4) is 0 Å². The van der Waals surface area contributed by atoms with Crippen LogP contribution in [0.2, 0.25) is 0 Å². The molecule has 0 bridgehead atoms. The number of para-hydroxylation sites is 1. The molecular formula is C13H11NO6. The van der Waals surface area contributed by atoms with Crippen molar-refractivity contribution in [3.8, 4) is 17.5 Å². The fraction of sp³-hybridized carbons (Fsp3) is 0.0769. The van der Waals surface area contributed by atoms with Crippen molar-refractivity contribution in [1.29, 1.82) is 0 Å². The number of carbonyl (C=O) groups is 2. The SMILES string of the molecule is CC(=O)Oc1ccccc1C(=O)On1c(O)ccc1O. The van der Waals surface area contributed by atoms with Crippen molar-refractivity contribution in [3.05, 3.63) is 42.0 Å². The molecule has 1 aromatic heterocycles. The Kier molecular flexibility index (Phi) is 3.60. The second kappa shape index (κ2) is 5.35. The van der Waals surface area contributed by atoms with Gasteiger partial charge in [-0.25, -0.2) is 4.79 Å². The topological polar surface area (TPSA) is 98.0 Å². The van der Waals surface area contributed by atoms with Crippen molar-refractivity contribution in [2.45, 2.75) is 6.92 Å². The van der Waals surface area contributed by atoms with E-state index in [1.54, 1.807) is 12.1 Å². The number of carbonyl (C=O) groups excluding carboxylic acids is 2. The third-order valence-corrected chi connectivity index (χ3v) is 2.33. The summed E-state index contributed by atoms with van der Waals surface area (Å²) in [4.78, 5) is 27.7. The van der Waals surface area contributed by atoms with Crippen LogP contribution in [0, 0.1) is 0 Å². The second-order valence-electron chi connectivity index (χ2n) is 3.81. The highest BCUT2D eigenvalue weighted by Gasteiger charge is 2.18. The Hall–Kier alpha value is -2.96. The van der Waals surface area contributed by atoms with Crippen molar-refractivity contribution in [2.24, 2.45) is 0 Å². The molecule has 0 saturated heterocycles. The van der Waals surface area contributed by atoms with Gasteiger partial charge in [-0.1, -0.05) is 12.1 Å². The fourth-order valence-electron chi connectivity index (χ4n) is 1.51. The average molecular weight is 277 g/mol. The van der Waals surface area contributed by atoms with Crippen molar-refractivity contribution in [3.63, 3.8) is 0 Å². The van der Waals surface area contributed by atoms with Gasteiger partial charge in [-0.2, -0.15) is 0 Å². The molecule has 20 heavy (non-hydrogen) atoms. The highest BCUT2D eigenvalue weighted by atomic mass is 16.7. The summed E-state index contributed by atoms with van der Waals surface area (Å²) in [6, 6.07) is 8.26. The molecule has 0 amide bonds. The number of benzene rings is 1. The monoisotopic (exact) mass is 277 g/mol. The van der Waals surface area contributed by atoms with Gasteiger partial charge in [0.2, 0.25) is 11.8 Å². The third-order valence-electron chi connectivity index (χ3n) is 2.33. The zero-order valence-corrected chi connectivity index (χ0v) is 10.4. The molecular weight excluding hydrogens is 266 g/mol. The van der Waals surface area contributed by atoms with Gasteiger partial charge in [-0.15, -0.1) is 4.73 Å². The minimum Gasteiger partial charge on any atom is -0.492 e. The first kappa shape index (κ1) is 13.5. The Balaban J connectivity index is 2.28. The van der Waals surface area contributed by atoms with Crippen LogP contribution in [-0.2, 0) is 4.79 Å². The summed E-state index contributed by atoms with van der Waals surface area (Å²) in [7, 11) is 0. The van der Waals surface area contributed by atoms with Crippen molar-refractivity contribution < 1.29 is 29.4 Å². The van der Waals surface area contributed by atoms with Crippen LogP contribution >= 0.6 is 0 Å². The van der Waals surface area contributed by atoms with Crippen LogP contribution in [0.5, 0.6) is 17.5 Å². The molecule has 0 fully saturated rings. The predicted octanol–water partition coefficient (Wildman–Crippen LogP) is 1.09. The number of aromatic nitrogens is 1. The van der Waals surface area contributed by atoms with E-state index in [1.165, 1.54) is 19.1 Å². The van der Waals surface area contributed by atoms with Gasteiger partial charge in [0, 0.05) is 19.1 Å².